The molecule has 0 aliphatic carbocycles. The average molecular weight is 591 g/mol. The highest BCUT2D eigenvalue weighted by Gasteiger charge is 2.33. The highest BCUT2D eigenvalue weighted by atomic mass is 35.5. The van der Waals surface area contributed by atoms with Crippen LogP contribution >= 0.6 is 34.5 Å². The monoisotopic (exact) mass is 590 g/mol. The number of halogens is 5. The van der Waals surface area contributed by atoms with Crippen LogP contribution in [0.5, 0.6) is 5.75 Å². The van der Waals surface area contributed by atoms with Crippen molar-refractivity contribution in [2.24, 2.45) is 0 Å². The zero-order valence-corrected chi connectivity index (χ0v) is 21.8. The van der Waals surface area contributed by atoms with Gasteiger partial charge in [-0.3, -0.25) is 9.59 Å². The van der Waals surface area contributed by atoms with E-state index in [4.69, 9.17) is 23.2 Å². The van der Waals surface area contributed by atoms with Crippen LogP contribution in [-0.4, -0.2) is 21.9 Å². The molecule has 0 aliphatic rings. The van der Waals surface area contributed by atoms with Crippen molar-refractivity contribution in [1.29, 1.82) is 5.26 Å². The molecule has 0 radical (unpaired) electrons. The molecular weight excluding hydrogens is 576 g/mol. The Bertz CT molecular complexity index is 1610. The summed E-state index contributed by atoms with van der Waals surface area (Å²) >= 11 is 12.7. The molecule has 13 heteroatoms. The molecule has 0 aliphatic heterocycles. The molecule has 39 heavy (non-hydrogen) atoms. The van der Waals surface area contributed by atoms with Crippen LogP contribution in [0.15, 0.2) is 60.7 Å². The molecule has 0 bridgehead atoms. The van der Waals surface area contributed by atoms with Gasteiger partial charge in [0, 0.05) is 17.7 Å². The molecule has 0 fully saturated rings. The van der Waals surface area contributed by atoms with Gasteiger partial charge in [-0.25, -0.2) is 4.98 Å². The lowest BCUT2D eigenvalue weighted by atomic mass is 10.1. The molecule has 7 nitrogen and oxygen atoms in total. The number of carbonyl (C=O) groups is 2. The van der Waals surface area contributed by atoms with E-state index in [2.05, 4.69) is 15.6 Å². The minimum Gasteiger partial charge on any atom is -0.505 e. The number of nitrogens with one attached hydrogen (secondary N) is 2. The summed E-state index contributed by atoms with van der Waals surface area (Å²) in [6, 6.07) is 15.5. The molecule has 1 aromatic heterocycles. The number of aromatic hydroxyl groups is 1. The molecule has 198 valence electrons. The number of alkyl halides is 3. The number of nitriles is 1. The van der Waals surface area contributed by atoms with Gasteiger partial charge in [0.25, 0.3) is 11.8 Å². The van der Waals surface area contributed by atoms with E-state index in [0.29, 0.717) is 11.1 Å². The van der Waals surface area contributed by atoms with E-state index in [1.807, 2.05) is 6.07 Å². The largest absolute Gasteiger partial charge is 0.505 e. The first-order valence-electron chi connectivity index (χ1n) is 10.9. The summed E-state index contributed by atoms with van der Waals surface area (Å²) in [6.45, 7) is -0.456. The summed E-state index contributed by atoms with van der Waals surface area (Å²) in [5, 5.41) is 23.9. The van der Waals surface area contributed by atoms with Crippen molar-refractivity contribution in [1.82, 2.24) is 10.3 Å². The Labute approximate surface area is 233 Å². The number of thiazole rings is 1. The standard InChI is InChI=1S/C26H15Cl2F3N4O3S/c27-18-9-16(10-19(28)21(18)36)22(37)35-25-20(34-24(39-25)14-6-3-4-13(8-14)11-32)23(38)33-12-15-5-1-2-7-17(15)26(29,30)31/h1-10,36H,12H2,(H,33,38)(H,35,37). The van der Waals surface area contributed by atoms with Crippen LogP contribution in [0.2, 0.25) is 10.0 Å². The molecular formula is C26H15Cl2F3N4O3S. The van der Waals surface area contributed by atoms with E-state index >= 15 is 0 Å². The van der Waals surface area contributed by atoms with Gasteiger partial charge in [0.2, 0.25) is 0 Å². The average Bonchev–Trinajstić information content (AvgIpc) is 3.33. The smallest absolute Gasteiger partial charge is 0.416 e. The van der Waals surface area contributed by atoms with Gasteiger partial charge in [-0.15, -0.1) is 0 Å². The first-order chi connectivity index (χ1) is 18.5. The van der Waals surface area contributed by atoms with E-state index in [1.54, 1.807) is 18.2 Å². The highest BCUT2D eigenvalue weighted by Crippen LogP contribution is 2.36. The number of phenolic OH excluding ortho intramolecular Hbond substituents is 1. The molecule has 0 atom stereocenters. The SMILES string of the molecule is N#Cc1cccc(-c2nc(C(=O)NCc3ccccc3C(F)(F)F)c(NC(=O)c3cc(Cl)c(O)c(Cl)c3)s2)c1. The number of hydrogen-bond acceptors (Lipinski definition) is 6. The van der Waals surface area contributed by atoms with Crippen molar-refractivity contribution in [3.63, 3.8) is 0 Å². The predicted molar refractivity (Wildman–Crippen MR) is 141 cm³/mol. The van der Waals surface area contributed by atoms with Gasteiger partial charge >= 0.3 is 6.18 Å². The minimum atomic E-state index is -4.62. The maximum absolute atomic E-state index is 13.4. The molecule has 4 aromatic rings. The predicted octanol–water partition coefficient (Wildman–Crippen LogP) is 6.90. The summed E-state index contributed by atoms with van der Waals surface area (Å²) in [5.74, 6) is -1.99. The van der Waals surface area contributed by atoms with Gasteiger partial charge in [-0.2, -0.15) is 18.4 Å². The van der Waals surface area contributed by atoms with Gasteiger partial charge in [-0.05, 0) is 35.9 Å². The summed E-state index contributed by atoms with van der Waals surface area (Å²) in [6.07, 6.45) is -4.62. The number of benzene rings is 3. The van der Waals surface area contributed by atoms with Gasteiger partial charge in [0.15, 0.2) is 11.4 Å². The molecule has 3 N–H and O–H groups in total. The molecule has 0 saturated heterocycles. The van der Waals surface area contributed by atoms with Gasteiger partial charge in [-0.1, -0.05) is 64.9 Å². The van der Waals surface area contributed by atoms with Crippen molar-refractivity contribution >= 4 is 51.4 Å². The van der Waals surface area contributed by atoms with Crippen molar-refractivity contribution in [2.45, 2.75) is 12.7 Å². The topological polar surface area (TPSA) is 115 Å². The van der Waals surface area contributed by atoms with Gasteiger partial charge in [0.1, 0.15) is 10.0 Å². The third-order valence-corrected chi connectivity index (χ3v) is 6.95. The zero-order chi connectivity index (χ0) is 28.3. The lowest BCUT2D eigenvalue weighted by Crippen LogP contribution is -2.26. The number of aromatic nitrogens is 1. The maximum atomic E-state index is 13.4. The van der Waals surface area contributed by atoms with E-state index in [9.17, 15) is 33.1 Å². The van der Waals surface area contributed by atoms with E-state index in [-0.39, 0.29) is 36.9 Å². The van der Waals surface area contributed by atoms with E-state index < -0.39 is 35.8 Å². The van der Waals surface area contributed by atoms with Crippen LogP contribution in [-0.2, 0) is 12.7 Å². The van der Waals surface area contributed by atoms with Crippen LogP contribution < -0.4 is 10.6 Å². The number of nitrogens with zero attached hydrogens (tertiary/aromatic N) is 2. The summed E-state index contributed by atoms with van der Waals surface area (Å²) < 4.78 is 40.1. The second kappa shape index (κ2) is 11.3. The number of hydrogen-bond donors (Lipinski definition) is 3. The Morgan fingerprint density at radius 1 is 1.03 bits per heavy atom. The van der Waals surface area contributed by atoms with Crippen LogP contribution in [0.4, 0.5) is 18.2 Å². The third-order valence-electron chi connectivity index (χ3n) is 5.35. The Kier molecular flexibility index (Phi) is 8.11. The first-order valence-corrected chi connectivity index (χ1v) is 12.5. The quantitative estimate of drug-likeness (QED) is 0.226. The Morgan fingerprint density at radius 3 is 2.38 bits per heavy atom. The van der Waals surface area contributed by atoms with Crippen molar-refractivity contribution in [3.05, 3.63) is 98.7 Å². The fourth-order valence-corrected chi connectivity index (χ4v) is 4.93. The van der Waals surface area contributed by atoms with Gasteiger partial charge in [0.05, 0.1) is 27.2 Å². The second-order valence-corrected chi connectivity index (χ2v) is 9.78. The highest BCUT2D eigenvalue weighted by molar-refractivity contribution is 7.19. The Morgan fingerprint density at radius 2 is 1.72 bits per heavy atom. The number of carbonyl (C=O) groups excluding carboxylic acids is 2. The molecule has 0 saturated carbocycles. The zero-order valence-electron chi connectivity index (χ0n) is 19.4. The molecule has 0 spiro atoms. The summed E-state index contributed by atoms with van der Waals surface area (Å²) in [7, 11) is 0. The second-order valence-electron chi connectivity index (χ2n) is 7.97. The number of phenols is 1. The van der Waals surface area contributed by atoms with E-state index in [1.165, 1.54) is 36.4 Å². The van der Waals surface area contributed by atoms with Crippen LogP contribution in [0.25, 0.3) is 10.6 Å². The van der Waals surface area contributed by atoms with Crippen molar-refractivity contribution in [2.75, 3.05) is 5.32 Å². The minimum absolute atomic E-state index is 0.0145. The lowest BCUT2D eigenvalue weighted by molar-refractivity contribution is -0.138. The van der Waals surface area contributed by atoms with Crippen LogP contribution in [0.3, 0.4) is 0 Å². The fourth-order valence-electron chi connectivity index (χ4n) is 3.49. The maximum Gasteiger partial charge on any atom is 0.416 e. The van der Waals surface area contributed by atoms with Crippen molar-refractivity contribution in [3.8, 4) is 22.4 Å². The molecule has 4 rings (SSSR count). The summed E-state index contributed by atoms with van der Waals surface area (Å²) in [4.78, 5) is 30.4. The van der Waals surface area contributed by atoms with Crippen LogP contribution in [0.1, 0.15) is 37.5 Å². The first kappa shape index (κ1) is 27.9. The van der Waals surface area contributed by atoms with Crippen LogP contribution in [0, 0.1) is 11.3 Å². The third kappa shape index (κ3) is 6.31. The summed E-state index contributed by atoms with van der Waals surface area (Å²) in [5.41, 5.74) is -0.536. The normalized spacial score (nSPS) is 11.1. The molecule has 0 unspecified atom stereocenters. The number of amides is 2. The van der Waals surface area contributed by atoms with Gasteiger partial charge < -0.3 is 15.7 Å². The molecule has 3 aromatic carbocycles. The van der Waals surface area contributed by atoms with Crippen molar-refractivity contribution < 1.29 is 27.9 Å². The Hall–Kier alpha value is -4.11. The molecule has 2 amide bonds. The number of anilines is 1. The number of rotatable bonds is 6. The van der Waals surface area contributed by atoms with E-state index in [0.717, 1.165) is 17.4 Å². The Balaban J connectivity index is 1.68. The lowest BCUT2D eigenvalue weighted by Gasteiger charge is -2.13. The molecule has 1 heterocycles. The fraction of sp³-hybridized carbons (Fsp3) is 0.0769.